The van der Waals surface area contributed by atoms with Crippen molar-refractivity contribution in [3.8, 4) is 17.2 Å². The van der Waals surface area contributed by atoms with Gasteiger partial charge in [0.05, 0.1) is 5.92 Å². The van der Waals surface area contributed by atoms with Gasteiger partial charge in [0, 0.05) is 30.9 Å². The van der Waals surface area contributed by atoms with Crippen LogP contribution in [0.2, 0.25) is 0 Å². The number of nitrogens with zero attached hydrogens (tertiary/aromatic N) is 1. The maximum Gasteiger partial charge on any atom is 0.262 e. The third kappa shape index (κ3) is 5.72. The molecule has 9 heteroatoms. The molecule has 9 nitrogen and oxygen atoms in total. The van der Waals surface area contributed by atoms with E-state index in [4.69, 9.17) is 14.2 Å². The molecule has 0 aliphatic carbocycles. The van der Waals surface area contributed by atoms with Gasteiger partial charge in [-0.25, -0.2) is 0 Å². The van der Waals surface area contributed by atoms with Crippen LogP contribution < -0.4 is 29.7 Å². The Kier molecular flexibility index (Phi) is 7.44. The zero-order valence-electron chi connectivity index (χ0n) is 21.1. The number of anilines is 2. The standard InChI is InChI=1S/C29H29N3O6/c1-2-20-5-3-4-6-24(20)31-27(33)17-36-23-10-8-22(9-11-23)32-16-21(14-28(32)34)29(35)30-15-19-7-12-25-26(13-19)38-18-37-25/h3-13,21H,2,14-18H2,1H3,(H,30,35)(H,31,33)/t21-/m0/s1. The maximum atomic E-state index is 12.7. The van der Waals surface area contributed by atoms with Gasteiger partial charge in [0.1, 0.15) is 5.75 Å². The SMILES string of the molecule is CCc1ccccc1NC(=O)COc1ccc(N2C[C@@H](C(=O)NCc3ccc4c(c3)OCO4)CC2=O)cc1. The van der Waals surface area contributed by atoms with Gasteiger partial charge in [-0.3, -0.25) is 14.4 Å². The van der Waals surface area contributed by atoms with E-state index in [-0.39, 0.29) is 37.5 Å². The van der Waals surface area contributed by atoms with Crippen LogP contribution in [0, 0.1) is 5.92 Å². The first-order valence-electron chi connectivity index (χ1n) is 12.6. The molecule has 2 heterocycles. The van der Waals surface area contributed by atoms with Crippen molar-refractivity contribution < 1.29 is 28.6 Å². The second kappa shape index (κ2) is 11.2. The molecule has 2 N–H and O–H groups in total. The van der Waals surface area contributed by atoms with Gasteiger partial charge >= 0.3 is 0 Å². The highest BCUT2D eigenvalue weighted by Gasteiger charge is 2.35. The van der Waals surface area contributed by atoms with E-state index in [2.05, 4.69) is 10.6 Å². The lowest BCUT2D eigenvalue weighted by Crippen LogP contribution is -2.32. The molecule has 0 bridgehead atoms. The number of fused-ring (bicyclic) bond motifs is 1. The van der Waals surface area contributed by atoms with Gasteiger partial charge in [-0.05, 0) is 60.0 Å². The van der Waals surface area contributed by atoms with Gasteiger partial charge < -0.3 is 29.7 Å². The number of ether oxygens (including phenoxy) is 3. The van der Waals surface area contributed by atoms with E-state index in [9.17, 15) is 14.4 Å². The minimum Gasteiger partial charge on any atom is -0.484 e. The van der Waals surface area contributed by atoms with Gasteiger partial charge in [-0.2, -0.15) is 0 Å². The number of carbonyl (C=O) groups excluding carboxylic acids is 3. The predicted molar refractivity (Wildman–Crippen MR) is 141 cm³/mol. The Bertz CT molecular complexity index is 1340. The summed E-state index contributed by atoms with van der Waals surface area (Å²) in [6.07, 6.45) is 0.959. The molecule has 1 fully saturated rings. The van der Waals surface area contributed by atoms with Gasteiger partial charge in [0.15, 0.2) is 18.1 Å². The Balaban J connectivity index is 1.11. The Hall–Kier alpha value is -4.53. The summed E-state index contributed by atoms with van der Waals surface area (Å²) in [7, 11) is 0. The van der Waals surface area contributed by atoms with E-state index >= 15 is 0 Å². The van der Waals surface area contributed by atoms with Crippen molar-refractivity contribution in [2.75, 3.05) is 30.2 Å². The molecule has 3 aromatic rings. The highest BCUT2D eigenvalue weighted by Crippen LogP contribution is 2.32. The molecule has 0 radical (unpaired) electrons. The van der Waals surface area contributed by atoms with Crippen LogP contribution in [0.1, 0.15) is 24.5 Å². The number of benzene rings is 3. The molecule has 3 amide bonds. The summed E-state index contributed by atoms with van der Waals surface area (Å²) in [6.45, 7) is 2.73. The van der Waals surface area contributed by atoms with Crippen LogP contribution in [0.4, 0.5) is 11.4 Å². The number of nitrogens with one attached hydrogen (secondary N) is 2. The van der Waals surface area contributed by atoms with Crippen LogP contribution in [0.25, 0.3) is 0 Å². The minimum atomic E-state index is -0.442. The number of carbonyl (C=O) groups is 3. The quantitative estimate of drug-likeness (QED) is 0.451. The number of aryl methyl sites for hydroxylation is 1. The number of hydrogen-bond donors (Lipinski definition) is 2. The average molecular weight is 516 g/mol. The average Bonchev–Trinajstić information content (AvgIpc) is 3.57. The van der Waals surface area contributed by atoms with Crippen LogP contribution in [0.3, 0.4) is 0 Å². The third-order valence-electron chi connectivity index (χ3n) is 6.59. The van der Waals surface area contributed by atoms with Crippen LogP contribution in [-0.2, 0) is 27.3 Å². The Labute approximate surface area is 220 Å². The molecule has 0 saturated carbocycles. The lowest BCUT2D eigenvalue weighted by Gasteiger charge is -2.17. The first-order chi connectivity index (χ1) is 18.5. The Morgan fingerprint density at radius 1 is 1.03 bits per heavy atom. The van der Waals surface area contributed by atoms with E-state index in [1.54, 1.807) is 29.2 Å². The molecule has 0 unspecified atom stereocenters. The van der Waals surface area contributed by atoms with Crippen molar-refractivity contribution in [2.24, 2.45) is 5.92 Å². The second-order valence-corrected chi connectivity index (χ2v) is 9.15. The minimum absolute atomic E-state index is 0.115. The second-order valence-electron chi connectivity index (χ2n) is 9.15. The lowest BCUT2D eigenvalue weighted by molar-refractivity contribution is -0.126. The number of amides is 3. The van der Waals surface area contributed by atoms with Crippen molar-refractivity contribution in [3.05, 3.63) is 77.9 Å². The van der Waals surface area contributed by atoms with Crippen LogP contribution in [-0.4, -0.2) is 37.7 Å². The normalized spacial score (nSPS) is 15.9. The summed E-state index contributed by atoms with van der Waals surface area (Å²) < 4.78 is 16.3. The maximum absolute atomic E-state index is 12.7. The van der Waals surface area contributed by atoms with Gasteiger partial charge in [0.2, 0.25) is 18.6 Å². The Morgan fingerprint density at radius 2 is 1.82 bits per heavy atom. The smallest absolute Gasteiger partial charge is 0.262 e. The molecule has 3 aromatic carbocycles. The van der Waals surface area contributed by atoms with Crippen molar-refractivity contribution >= 4 is 29.1 Å². The molecule has 0 aromatic heterocycles. The zero-order chi connectivity index (χ0) is 26.5. The molecule has 5 rings (SSSR count). The molecule has 0 spiro atoms. The van der Waals surface area contributed by atoms with Crippen molar-refractivity contribution in [1.29, 1.82) is 0 Å². The van der Waals surface area contributed by atoms with E-state index in [0.717, 1.165) is 23.2 Å². The van der Waals surface area contributed by atoms with E-state index in [0.29, 0.717) is 36.0 Å². The summed E-state index contributed by atoms with van der Waals surface area (Å²) in [5.41, 5.74) is 3.40. The largest absolute Gasteiger partial charge is 0.484 e. The summed E-state index contributed by atoms with van der Waals surface area (Å²) in [5, 5.41) is 5.79. The summed E-state index contributed by atoms with van der Waals surface area (Å²) in [6, 6.07) is 20.1. The molecule has 2 aliphatic rings. The number of rotatable bonds is 9. The molecule has 196 valence electrons. The van der Waals surface area contributed by atoms with Gasteiger partial charge in [-0.1, -0.05) is 31.2 Å². The molecular formula is C29H29N3O6. The molecule has 1 saturated heterocycles. The fourth-order valence-corrected chi connectivity index (χ4v) is 4.53. The first-order valence-corrected chi connectivity index (χ1v) is 12.6. The molecule has 38 heavy (non-hydrogen) atoms. The summed E-state index contributed by atoms with van der Waals surface area (Å²) in [4.78, 5) is 39.3. The summed E-state index contributed by atoms with van der Waals surface area (Å²) in [5.74, 6) is 0.882. The first kappa shape index (κ1) is 25.1. The van der Waals surface area contributed by atoms with Gasteiger partial charge in [-0.15, -0.1) is 0 Å². The van der Waals surface area contributed by atoms with Crippen molar-refractivity contribution in [1.82, 2.24) is 5.32 Å². The third-order valence-corrected chi connectivity index (χ3v) is 6.59. The van der Waals surface area contributed by atoms with E-state index < -0.39 is 5.92 Å². The van der Waals surface area contributed by atoms with Crippen LogP contribution >= 0.6 is 0 Å². The molecule has 1 atom stereocenters. The number of hydrogen-bond acceptors (Lipinski definition) is 6. The summed E-state index contributed by atoms with van der Waals surface area (Å²) >= 11 is 0. The van der Waals surface area contributed by atoms with E-state index in [1.165, 1.54) is 0 Å². The fourth-order valence-electron chi connectivity index (χ4n) is 4.53. The highest BCUT2D eigenvalue weighted by atomic mass is 16.7. The van der Waals surface area contributed by atoms with Crippen molar-refractivity contribution in [2.45, 2.75) is 26.3 Å². The van der Waals surface area contributed by atoms with Crippen molar-refractivity contribution in [3.63, 3.8) is 0 Å². The molecular weight excluding hydrogens is 486 g/mol. The highest BCUT2D eigenvalue weighted by molar-refractivity contribution is 6.00. The number of para-hydroxylation sites is 1. The molecule has 2 aliphatic heterocycles. The predicted octanol–water partition coefficient (Wildman–Crippen LogP) is 3.66. The van der Waals surface area contributed by atoms with Crippen LogP contribution in [0.5, 0.6) is 17.2 Å². The topological polar surface area (TPSA) is 106 Å². The fraction of sp³-hybridized carbons (Fsp3) is 0.276. The van der Waals surface area contributed by atoms with Crippen LogP contribution in [0.15, 0.2) is 66.7 Å². The van der Waals surface area contributed by atoms with Gasteiger partial charge in [0.25, 0.3) is 5.91 Å². The monoisotopic (exact) mass is 515 g/mol. The Morgan fingerprint density at radius 3 is 2.63 bits per heavy atom. The zero-order valence-corrected chi connectivity index (χ0v) is 21.1. The lowest BCUT2D eigenvalue weighted by atomic mass is 10.1. The van der Waals surface area contributed by atoms with E-state index in [1.807, 2.05) is 49.4 Å².